The molecule has 0 heterocycles. The molecule has 0 spiro atoms. The topological polar surface area (TPSA) is 46.3 Å². The fourth-order valence-corrected chi connectivity index (χ4v) is 1.91. The van der Waals surface area contributed by atoms with E-state index in [1.807, 2.05) is 38.1 Å². The van der Waals surface area contributed by atoms with E-state index in [0.29, 0.717) is 11.6 Å². The van der Waals surface area contributed by atoms with Gasteiger partial charge in [-0.05, 0) is 17.5 Å². The predicted molar refractivity (Wildman–Crippen MR) is 75.4 cm³/mol. The van der Waals surface area contributed by atoms with E-state index in [1.54, 1.807) is 11.9 Å². The maximum atomic E-state index is 12.1. The van der Waals surface area contributed by atoms with E-state index in [-0.39, 0.29) is 11.8 Å². The van der Waals surface area contributed by atoms with Crippen LogP contribution in [0.3, 0.4) is 0 Å². The molecular formula is C14H21ClN2O. The molecule has 2 N–H and O–H groups in total. The third-order valence-electron chi connectivity index (χ3n) is 3.28. The molecule has 3 nitrogen and oxygen atoms in total. The first-order chi connectivity index (χ1) is 8.47. The number of likely N-dealkylation sites (N-methyl/N-ethyl adjacent to an activating group) is 1. The molecule has 0 bridgehead atoms. The minimum Gasteiger partial charge on any atom is -0.340 e. The number of rotatable bonds is 5. The maximum Gasteiger partial charge on any atom is 0.239 e. The lowest BCUT2D eigenvalue weighted by molar-refractivity contribution is -0.132. The van der Waals surface area contributed by atoms with Crippen molar-refractivity contribution in [1.82, 2.24) is 4.90 Å². The quantitative estimate of drug-likeness (QED) is 0.892. The lowest BCUT2D eigenvalue weighted by Crippen LogP contribution is -2.45. The summed E-state index contributed by atoms with van der Waals surface area (Å²) in [6.45, 7) is 4.51. The van der Waals surface area contributed by atoms with Gasteiger partial charge in [-0.3, -0.25) is 4.79 Å². The molecule has 0 aliphatic carbocycles. The minimum absolute atomic E-state index is 0.0377. The molecular weight excluding hydrogens is 248 g/mol. The van der Waals surface area contributed by atoms with Crippen LogP contribution in [0, 0.1) is 5.92 Å². The maximum absolute atomic E-state index is 12.1. The Bertz CT molecular complexity index is 409. The van der Waals surface area contributed by atoms with E-state index in [2.05, 4.69) is 0 Å². The highest BCUT2D eigenvalue weighted by atomic mass is 35.5. The Balaban J connectivity index is 2.68. The second kappa shape index (κ2) is 6.76. The number of hydrogen-bond acceptors (Lipinski definition) is 2. The summed E-state index contributed by atoms with van der Waals surface area (Å²) >= 11 is 6.07. The molecule has 0 saturated heterocycles. The number of nitrogens with zero attached hydrogens (tertiary/aromatic N) is 1. The summed E-state index contributed by atoms with van der Waals surface area (Å²) in [5.41, 5.74) is 6.88. The zero-order valence-corrected chi connectivity index (χ0v) is 11.9. The average Bonchev–Trinajstić information content (AvgIpc) is 2.38. The zero-order chi connectivity index (χ0) is 13.7. The van der Waals surface area contributed by atoms with Crippen molar-refractivity contribution >= 4 is 17.5 Å². The largest absolute Gasteiger partial charge is 0.340 e. The summed E-state index contributed by atoms with van der Waals surface area (Å²) in [6.07, 6.45) is 0.896. The van der Waals surface area contributed by atoms with E-state index < -0.39 is 6.04 Å². The van der Waals surface area contributed by atoms with Gasteiger partial charge in [0.1, 0.15) is 0 Å². The van der Waals surface area contributed by atoms with Gasteiger partial charge < -0.3 is 10.6 Å². The molecule has 1 rings (SSSR count). The van der Waals surface area contributed by atoms with Crippen molar-refractivity contribution < 1.29 is 4.79 Å². The van der Waals surface area contributed by atoms with Crippen molar-refractivity contribution in [3.8, 4) is 0 Å². The van der Waals surface area contributed by atoms with Crippen LogP contribution in [0.15, 0.2) is 24.3 Å². The van der Waals surface area contributed by atoms with Gasteiger partial charge in [0.25, 0.3) is 0 Å². The van der Waals surface area contributed by atoms with Crippen molar-refractivity contribution in [2.45, 2.75) is 32.9 Å². The summed E-state index contributed by atoms with van der Waals surface area (Å²) < 4.78 is 0. The highest BCUT2D eigenvalue weighted by molar-refractivity contribution is 6.31. The lowest BCUT2D eigenvalue weighted by Gasteiger charge is -2.25. The van der Waals surface area contributed by atoms with E-state index >= 15 is 0 Å². The molecule has 1 aromatic carbocycles. The molecule has 0 saturated carbocycles. The number of benzene rings is 1. The van der Waals surface area contributed by atoms with Crippen LogP contribution in [0.1, 0.15) is 25.8 Å². The van der Waals surface area contributed by atoms with E-state index in [1.165, 1.54) is 0 Å². The van der Waals surface area contributed by atoms with Crippen LogP contribution in [0.5, 0.6) is 0 Å². The molecule has 4 heteroatoms. The molecule has 0 radical (unpaired) electrons. The van der Waals surface area contributed by atoms with Gasteiger partial charge in [-0.25, -0.2) is 0 Å². The monoisotopic (exact) mass is 268 g/mol. The van der Waals surface area contributed by atoms with E-state index in [4.69, 9.17) is 17.3 Å². The minimum atomic E-state index is -0.442. The van der Waals surface area contributed by atoms with Gasteiger partial charge >= 0.3 is 0 Å². The smallest absolute Gasteiger partial charge is 0.239 e. The fourth-order valence-electron chi connectivity index (χ4n) is 1.71. The molecule has 18 heavy (non-hydrogen) atoms. The van der Waals surface area contributed by atoms with Crippen LogP contribution in [0.4, 0.5) is 0 Å². The second-order valence-electron chi connectivity index (χ2n) is 4.70. The lowest BCUT2D eigenvalue weighted by atomic mass is 9.99. The van der Waals surface area contributed by atoms with Gasteiger partial charge in [0.2, 0.25) is 5.91 Å². The Morgan fingerprint density at radius 1 is 1.44 bits per heavy atom. The Morgan fingerprint density at radius 3 is 2.61 bits per heavy atom. The van der Waals surface area contributed by atoms with Crippen LogP contribution in [-0.2, 0) is 11.3 Å². The van der Waals surface area contributed by atoms with Gasteiger partial charge in [-0.1, -0.05) is 50.1 Å². The fraction of sp³-hybridized carbons (Fsp3) is 0.500. The van der Waals surface area contributed by atoms with Gasteiger partial charge in [-0.15, -0.1) is 0 Å². The molecule has 0 fully saturated rings. The number of amides is 1. The van der Waals surface area contributed by atoms with Crippen molar-refractivity contribution in [2.24, 2.45) is 11.7 Å². The Morgan fingerprint density at radius 2 is 2.06 bits per heavy atom. The SMILES string of the molecule is CCC(C)C(N)C(=O)N(C)Cc1ccccc1Cl. The molecule has 1 amide bonds. The average molecular weight is 269 g/mol. The van der Waals surface area contributed by atoms with Gasteiger partial charge in [0.05, 0.1) is 6.04 Å². The van der Waals surface area contributed by atoms with Crippen LogP contribution in [-0.4, -0.2) is 23.9 Å². The Hall–Kier alpha value is -1.06. The summed E-state index contributed by atoms with van der Waals surface area (Å²) in [7, 11) is 1.76. The molecule has 0 aliphatic rings. The molecule has 2 unspecified atom stereocenters. The van der Waals surface area contributed by atoms with Crippen molar-refractivity contribution in [3.63, 3.8) is 0 Å². The third-order valence-corrected chi connectivity index (χ3v) is 3.65. The van der Waals surface area contributed by atoms with Crippen LogP contribution in [0.2, 0.25) is 5.02 Å². The molecule has 2 atom stereocenters. The van der Waals surface area contributed by atoms with Gasteiger partial charge in [0, 0.05) is 18.6 Å². The van der Waals surface area contributed by atoms with Gasteiger partial charge in [0.15, 0.2) is 0 Å². The third kappa shape index (κ3) is 3.72. The van der Waals surface area contributed by atoms with Crippen LogP contribution < -0.4 is 5.73 Å². The van der Waals surface area contributed by atoms with Crippen LogP contribution in [0.25, 0.3) is 0 Å². The van der Waals surface area contributed by atoms with Crippen molar-refractivity contribution in [1.29, 1.82) is 0 Å². The van der Waals surface area contributed by atoms with E-state index in [0.717, 1.165) is 12.0 Å². The first-order valence-corrected chi connectivity index (χ1v) is 6.59. The summed E-state index contributed by atoms with van der Waals surface area (Å²) in [5, 5.41) is 0.675. The normalized spacial score (nSPS) is 14.1. The standard InChI is InChI=1S/C14H21ClN2O/c1-4-10(2)13(16)14(18)17(3)9-11-7-5-6-8-12(11)15/h5-8,10,13H,4,9,16H2,1-3H3. The predicted octanol–water partition coefficient (Wildman–Crippen LogP) is 2.67. The number of carbonyl (C=O) groups is 1. The number of carbonyl (C=O) groups excluding carboxylic acids is 1. The molecule has 0 aliphatic heterocycles. The molecule has 100 valence electrons. The molecule has 0 aromatic heterocycles. The summed E-state index contributed by atoms with van der Waals surface area (Å²) in [4.78, 5) is 13.8. The Kier molecular flexibility index (Phi) is 5.63. The first kappa shape index (κ1) is 15.0. The highest BCUT2D eigenvalue weighted by Gasteiger charge is 2.23. The number of halogens is 1. The van der Waals surface area contributed by atoms with Crippen molar-refractivity contribution in [2.75, 3.05) is 7.05 Å². The van der Waals surface area contributed by atoms with Crippen LogP contribution >= 0.6 is 11.6 Å². The Labute approximate surface area is 114 Å². The molecule has 1 aromatic rings. The van der Waals surface area contributed by atoms with Crippen molar-refractivity contribution in [3.05, 3.63) is 34.9 Å². The highest BCUT2D eigenvalue weighted by Crippen LogP contribution is 2.17. The first-order valence-electron chi connectivity index (χ1n) is 6.21. The summed E-state index contributed by atoms with van der Waals surface area (Å²) in [6, 6.07) is 7.08. The number of nitrogens with two attached hydrogens (primary N) is 1. The second-order valence-corrected chi connectivity index (χ2v) is 5.10. The van der Waals surface area contributed by atoms with Gasteiger partial charge in [-0.2, -0.15) is 0 Å². The summed E-state index contributed by atoms with van der Waals surface area (Å²) in [5.74, 6) is 0.149. The number of hydrogen-bond donors (Lipinski definition) is 1. The zero-order valence-electron chi connectivity index (χ0n) is 11.2. The van der Waals surface area contributed by atoms with E-state index in [9.17, 15) is 4.79 Å².